The zero-order chi connectivity index (χ0) is 18.4. The fourth-order valence-electron chi connectivity index (χ4n) is 3.54. The van der Waals surface area contributed by atoms with Crippen molar-refractivity contribution < 1.29 is 14.3 Å². The molecule has 0 bridgehead atoms. The molecule has 0 saturated carbocycles. The first kappa shape index (κ1) is 18.6. The highest BCUT2D eigenvalue weighted by Crippen LogP contribution is 2.21. The number of hydrogen-bond acceptors (Lipinski definition) is 5. The Bertz CT molecular complexity index is 623. The third-order valence-corrected chi connectivity index (χ3v) is 5.14. The third kappa shape index (κ3) is 4.72. The molecule has 3 heterocycles. The third-order valence-electron chi connectivity index (χ3n) is 5.14. The van der Waals surface area contributed by atoms with Crippen LogP contribution in [0.4, 0.5) is 5.69 Å². The van der Waals surface area contributed by atoms with Crippen molar-refractivity contribution in [2.45, 2.75) is 38.7 Å². The lowest BCUT2D eigenvalue weighted by atomic mass is 9.95. The van der Waals surface area contributed by atoms with E-state index in [-0.39, 0.29) is 23.8 Å². The summed E-state index contributed by atoms with van der Waals surface area (Å²) in [5.41, 5.74) is 2.12. The highest BCUT2D eigenvalue weighted by molar-refractivity contribution is 5.82. The van der Waals surface area contributed by atoms with E-state index in [4.69, 9.17) is 4.74 Å². The zero-order valence-electron chi connectivity index (χ0n) is 15.4. The molecule has 1 aromatic rings. The molecule has 0 aromatic carbocycles. The monoisotopic (exact) mass is 360 g/mol. The maximum absolute atomic E-state index is 12.3. The minimum Gasteiger partial charge on any atom is -0.383 e. The zero-order valence-corrected chi connectivity index (χ0v) is 15.4. The lowest BCUT2D eigenvalue weighted by Crippen LogP contribution is -2.46. The van der Waals surface area contributed by atoms with Gasteiger partial charge in [-0.15, -0.1) is 0 Å². The van der Waals surface area contributed by atoms with Gasteiger partial charge >= 0.3 is 0 Å². The molecule has 2 fully saturated rings. The van der Waals surface area contributed by atoms with Crippen LogP contribution in [0.3, 0.4) is 0 Å². The molecule has 3 rings (SSSR count). The Balaban J connectivity index is 1.34. The molecule has 0 radical (unpaired) electrons. The first-order chi connectivity index (χ1) is 12.6. The van der Waals surface area contributed by atoms with Crippen LogP contribution >= 0.6 is 0 Å². The van der Waals surface area contributed by atoms with E-state index in [0.29, 0.717) is 32.8 Å². The Labute approximate surface area is 154 Å². The van der Waals surface area contributed by atoms with Gasteiger partial charge in [0.1, 0.15) is 6.10 Å². The van der Waals surface area contributed by atoms with Gasteiger partial charge in [-0.3, -0.25) is 14.6 Å². The van der Waals surface area contributed by atoms with Crippen LogP contribution in [0.15, 0.2) is 18.5 Å². The summed E-state index contributed by atoms with van der Waals surface area (Å²) >= 11 is 0. The maximum atomic E-state index is 12.3. The summed E-state index contributed by atoms with van der Waals surface area (Å²) in [5, 5.41) is 6.30. The number of nitrogens with one attached hydrogen (secondary N) is 2. The van der Waals surface area contributed by atoms with Gasteiger partial charge in [0.2, 0.25) is 5.91 Å². The number of likely N-dealkylation sites (tertiary alicyclic amines) is 1. The largest absolute Gasteiger partial charge is 0.383 e. The van der Waals surface area contributed by atoms with Gasteiger partial charge in [-0.2, -0.15) is 0 Å². The van der Waals surface area contributed by atoms with E-state index >= 15 is 0 Å². The second-order valence-electron chi connectivity index (χ2n) is 7.01. The average molecular weight is 360 g/mol. The van der Waals surface area contributed by atoms with Gasteiger partial charge in [0.25, 0.3) is 5.91 Å². The summed E-state index contributed by atoms with van der Waals surface area (Å²) in [4.78, 5) is 30.6. The molecule has 7 nitrogen and oxygen atoms in total. The molecule has 2 N–H and O–H groups in total. The van der Waals surface area contributed by atoms with Gasteiger partial charge < -0.3 is 20.3 Å². The molecule has 2 aliphatic rings. The van der Waals surface area contributed by atoms with E-state index in [9.17, 15) is 9.59 Å². The van der Waals surface area contributed by atoms with Gasteiger partial charge in [-0.05, 0) is 44.2 Å². The van der Waals surface area contributed by atoms with Crippen LogP contribution in [0.25, 0.3) is 0 Å². The predicted molar refractivity (Wildman–Crippen MR) is 98.8 cm³/mol. The molecule has 26 heavy (non-hydrogen) atoms. The fraction of sp³-hybridized carbons (Fsp3) is 0.632. The van der Waals surface area contributed by atoms with E-state index in [2.05, 4.69) is 15.6 Å². The van der Waals surface area contributed by atoms with Crippen molar-refractivity contribution in [3.8, 4) is 0 Å². The van der Waals surface area contributed by atoms with E-state index < -0.39 is 0 Å². The number of anilines is 1. The summed E-state index contributed by atoms with van der Waals surface area (Å²) < 4.78 is 5.47. The summed E-state index contributed by atoms with van der Waals surface area (Å²) in [7, 11) is 0. The SMILES string of the molecule is Cc1cnccc1NCCNC(=O)C1CCN(C(=O)[C@@H]2CCCO2)CC1. The first-order valence-corrected chi connectivity index (χ1v) is 9.47. The molecule has 0 unspecified atom stereocenters. The fourth-order valence-corrected chi connectivity index (χ4v) is 3.54. The molecule has 2 aliphatic heterocycles. The lowest BCUT2D eigenvalue weighted by Gasteiger charge is -2.32. The van der Waals surface area contributed by atoms with Crippen LogP contribution in [0.1, 0.15) is 31.2 Å². The van der Waals surface area contributed by atoms with E-state index in [0.717, 1.165) is 36.9 Å². The summed E-state index contributed by atoms with van der Waals surface area (Å²) in [5.74, 6) is 0.173. The van der Waals surface area contributed by atoms with Gasteiger partial charge in [0, 0.05) is 56.8 Å². The number of aryl methyl sites for hydroxylation is 1. The van der Waals surface area contributed by atoms with Crippen LogP contribution in [-0.2, 0) is 14.3 Å². The topological polar surface area (TPSA) is 83.6 Å². The highest BCUT2D eigenvalue weighted by Gasteiger charge is 2.32. The molecule has 142 valence electrons. The minimum absolute atomic E-state index is 0.00814. The Morgan fingerprint density at radius 1 is 1.27 bits per heavy atom. The quantitative estimate of drug-likeness (QED) is 0.748. The predicted octanol–water partition coefficient (Wildman–Crippen LogP) is 1.34. The van der Waals surface area contributed by atoms with Crippen molar-refractivity contribution in [1.29, 1.82) is 0 Å². The smallest absolute Gasteiger partial charge is 0.251 e. The molecule has 0 aliphatic carbocycles. The Morgan fingerprint density at radius 3 is 2.77 bits per heavy atom. The average Bonchev–Trinajstić information content (AvgIpc) is 3.20. The molecular formula is C19H28N4O3. The van der Waals surface area contributed by atoms with Crippen LogP contribution < -0.4 is 10.6 Å². The Morgan fingerprint density at radius 2 is 2.08 bits per heavy atom. The molecule has 7 heteroatoms. The maximum Gasteiger partial charge on any atom is 0.251 e. The number of pyridine rings is 1. The number of ether oxygens (including phenoxy) is 1. The van der Waals surface area contributed by atoms with Crippen LogP contribution in [0.5, 0.6) is 0 Å². The van der Waals surface area contributed by atoms with Crippen molar-refractivity contribution in [3.05, 3.63) is 24.0 Å². The highest BCUT2D eigenvalue weighted by atomic mass is 16.5. The van der Waals surface area contributed by atoms with Gasteiger partial charge in [-0.1, -0.05) is 0 Å². The van der Waals surface area contributed by atoms with Crippen molar-refractivity contribution in [2.75, 3.05) is 38.1 Å². The minimum atomic E-state index is -0.261. The van der Waals surface area contributed by atoms with Gasteiger partial charge in [-0.25, -0.2) is 0 Å². The standard InChI is InChI=1S/C19H28N4O3/c1-14-13-20-7-4-16(14)21-8-9-22-18(24)15-5-10-23(11-6-15)19(25)17-3-2-12-26-17/h4,7,13,15,17H,2-3,5-6,8-12H2,1H3,(H,20,21)(H,22,24)/t17-/m0/s1. The number of piperidine rings is 1. The number of amides is 2. The molecule has 1 atom stereocenters. The van der Waals surface area contributed by atoms with E-state index in [1.165, 1.54) is 0 Å². The molecular weight excluding hydrogens is 332 g/mol. The normalized spacial score (nSPS) is 20.8. The Hall–Kier alpha value is -2.15. The number of aromatic nitrogens is 1. The summed E-state index contributed by atoms with van der Waals surface area (Å²) in [6, 6.07) is 1.93. The van der Waals surface area contributed by atoms with Crippen LogP contribution in [0.2, 0.25) is 0 Å². The number of carbonyl (C=O) groups is 2. The second-order valence-corrected chi connectivity index (χ2v) is 7.01. The van der Waals surface area contributed by atoms with Gasteiger partial charge in [0.15, 0.2) is 0 Å². The van der Waals surface area contributed by atoms with Crippen molar-refractivity contribution in [2.24, 2.45) is 5.92 Å². The number of rotatable bonds is 6. The van der Waals surface area contributed by atoms with E-state index in [1.54, 1.807) is 6.20 Å². The van der Waals surface area contributed by atoms with Crippen LogP contribution in [0, 0.1) is 12.8 Å². The van der Waals surface area contributed by atoms with Crippen molar-refractivity contribution in [3.63, 3.8) is 0 Å². The number of carbonyl (C=O) groups excluding carboxylic acids is 2. The molecule has 2 saturated heterocycles. The molecule has 2 amide bonds. The lowest BCUT2D eigenvalue weighted by molar-refractivity contribution is -0.143. The molecule has 1 aromatic heterocycles. The molecule has 0 spiro atoms. The van der Waals surface area contributed by atoms with Crippen LogP contribution in [-0.4, -0.2) is 60.6 Å². The first-order valence-electron chi connectivity index (χ1n) is 9.47. The summed E-state index contributed by atoms with van der Waals surface area (Å²) in [6.45, 7) is 5.22. The number of hydrogen-bond donors (Lipinski definition) is 2. The van der Waals surface area contributed by atoms with Crippen molar-refractivity contribution in [1.82, 2.24) is 15.2 Å². The van der Waals surface area contributed by atoms with Gasteiger partial charge in [0.05, 0.1) is 0 Å². The van der Waals surface area contributed by atoms with Crippen molar-refractivity contribution >= 4 is 17.5 Å². The van der Waals surface area contributed by atoms with E-state index in [1.807, 2.05) is 24.1 Å². The summed E-state index contributed by atoms with van der Waals surface area (Å²) in [6.07, 6.45) is 6.53. The number of nitrogens with zero attached hydrogens (tertiary/aromatic N) is 2. The Kier molecular flexibility index (Phi) is 6.44. The second kappa shape index (κ2) is 8.98.